The van der Waals surface area contributed by atoms with Crippen LogP contribution in [0.5, 0.6) is 0 Å². The molecule has 1 N–H and O–H groups in total. The molecule has 1 fully saturated rings. The van der Waals surface area contributed by atoms with E-state index in [9.17, 15) is 4.79 Å². The van der Waals surface area contributed by atoms with Crippen molar-refractivity contribution in [3.8, 4) is 0 Å². The number of nitrogens with zero attached hydrogens (tertiary/aromatic N) is 1. The van der Waals surface area contributed by atoms with Crippen LogP contribution in [0.2, 0.25) is 0 Å². The maximum Gasteiger partial charge on any atom is 0.410 e. The molecule has 2 rings (SSSR count). The minimum Gasteiger partial charge on any atom is -0.444 e. The fraction of sp³-hybridized carbons (Fsp3) is 0.667. The van der Waals surface area contributed by atoms with Crippen LogP contribution in [-0.2, 0) is 11.2 Å². The molecule has 20 heavy (non-hydrogen) atoms. The minimum atomic E-state index is -0.415. The summed E-state index contributed by atoms with van der Waals surface area (Å²) in [4.78, 5) is 15.1. The average molecular weight is 296 g/mol. The van der Waals surface area contributed by atoms with Crippen LogP contribution >= 0.6 is 11.3 Å². The Morgan fingerprint density at radius 3 is 3.00 bits per heavy atom. The molecule has 0 aliphatic carbocycles. The number of ether oxygens (including phenoxy) is 1. The maximum absolute atomic E-state index is 11.9. The summed E-state index contributed by atoms with van der Waals surface area (Å²) in [5, 5.41) is 5.63. The molecule has 0 saturated carbocycles. The summed E-state index contributed by atoms with van der Waals surface area (Å²) >= 11 is 1.79. The van der Waals surface area contributed by atoms with E-state index in [2.05, 4.69) is 22.8 Å². The lowest BCUT2D eigenvalue weighted by Crippen LogP contribution is -2.38. The largest absolute Gasteiger partial charge is 0.444 e. The van der Waals surface area contributed by atoms with Crippen LogP contribution in [0.25, 0.3) is 0 Å². The fourth-order valence-corrected chi connectivity index (χ4v) is 2.98. The molecular weight excluding hydrogens is 272 g/mol. The highest BCUT2D eigenvalue weighted by molar-refractivity contribution is 7.09. The van der Waals surface area contributed by atoms with Crippen LogP contribution < -0.4 is 5.32 Å². The number of nitrogens with one attached hydrogen (secondary N) is 1. The SMILES string of the molecule is CC(C)(C)OC(=O)N1CC[C@@H](NCCc2cccs2)C1. The van der Waals surface area contributed by atoms with E-state index in [0.717, 1.165) is 32.5 Å². The van der Waals surface area contributed by atoms with Crippen molar-refractivity contribution in [2.75, 3.05) is 19.6 Å². The van der Waals surface area contributed by atoms with E-state index in [1.54, 1.807) is 16.2 Å². The topological polar surface area (TPSA) is 41.6 Å². The maximum atomic E-state index is 11.9. The van der Waals surface area contributed by atoms with Gasteiger partial charge in [-0.25, -0.2) is 4.79 Å². The number of rotatable bonds is 4. The van der Waals surface area contributed by atoms with Gasteiger partial charge in [0.15, 0.2) is 0 Å². The minimum absolute atomic E-state index is 0.194. The Kier molecular flexibility index (Phi) is 5.05. The molecule has 1 saturated heterocycles. The molecule has 112 valence electrons. The fourth-order valence-electron chi connectivity index (χ4n) is 2.27. The summed E-state index contributed by atoms with van der Waals surface area (Å²) in [6, 6.07) is 4.64. The number of hydrogen-bond donors (Lipinski definition) is 1. The van der Waals surface area contributed by atoms with E-state index < -0.39 is 5.60 Å². The molecular formula is C15H24N2O2S. The van der Waals surface area contributed by atoms with Gasteiger partial charge in [-0.1, -0.05) is 6.07 Å². The first kappa shape index (κ1) is 15.3. The molecule has 4 nitrogen and oxygen atoms in total. The Hall–Kier alpha value is -1.07. The summed E-state index contributed by atoms with van der Waals surface area (Å²) in [7, 11) is 0. The molecule has 0 bridgehead atoms. The van der Waals surface area contributed by atoms with Gasteiger partial charge in [0.2, 0.25) is 0 Å². The van der Waals surface area contributed by atoms with Crippen molar-refractivity contribution in [3.63, 3.8) is 0 Å². The van der Waals surface area contributed by atoms with E-state index in [1.165, 1.54) is 4.88 Å². The summed E-state index contributed by atoms with van der Waals surface area (Å²) in [6.45, 7) is 8.20. The molecule has 0 radical (unpaired) electrons. The second kappa shape index (κ2) is 6.59. The number of likely N-dealkylation sites (tertiary alicyclic amines) is 1. The molecule has 1 amide bonds. The number of carbonyl (C=O) groups is 1. The van der Waals surface area contributed by atoms with Crippen molar-refractivity contribution in [2.24, 2.45) is 0 Å². The van der Waals surface area contributed by atoms with Crippen LogP contribution in [0.4, 0.5) is 4.79 Å². The van der Waals surface area contributed by atoms with Crippen molar-refractivity contribution in [1.29, 1.82) is 0 Å². The first-order valence-corrected chi connectivity index (χ1v) is 8.06. The summed E-state index contributed by atoms with van der Waals surface area (Å²) < 4.78 is 5.39. The van der Waals surface area contributed by atoms with Crippen molar-refractivity contribution in [1.82, 2.24) is 10.2 Å². The van der Waals surface area contributed by atoms with Crippen molar-refractivity contribution in [2.45, 2.75) is 45.3 Å². The van der Waals surface area contributed by atoms with E-state index in [4.69, 9.17) is 4.74 Å². The van der Waals surface area contributed by atoms with Gasteiger partial charge in [-0.3, -0.25) is 0 Å². The zero-order chi connectivity index (χ0) is 14.6. The number of thiophene rings is 1. The van der Waals surface area contributed by atoms with Crippen molar-refractivity contribution in [3.05, 3.63) is 22.4 Å². The van der Waals surface area contributed by atoms with Crippen molar-refractivity contribution < 1.29 is 9.53 Å². The number of amides is 1. The molecule has 1 aliphatic rings. The van der Waals surface area contributed by atoms with Gasteiger partial charge in [0.25, 0.3) is 0 Å². The molecule has 2 heterocycles. The molecule has 1 aromatic rings. The summed E-state index contributed by atoms with van der Waals surface area (Å²) in [5.74, 6) is 0. The van der Waals surface area contributed by atoms with E-state index in [0.29, 0.717) is 6.04 Å². The van der Waals surface area contributed by atoms with E-state index in [-0.39, 0.29) is 6.09 Å². The van der Waals surface area contributed by atoms with Gasteiger partial charge < -0.3 is 15.0 Å². The lowest BCUT2D eigenvalue weighted by atomic mass is 10.2. The van der Waals surface area contributed by atoms with Gasteiger partial charge in [0, 0.05) is 30.6 Å². The Labute approximate surface area is 125 Å². The Bertz CT molecular complexity index is 426. The second-order valence-corrected chi connectivity index (χ2v) is 7.23. The molecule has 5 heteroatoms. The third kappa shape index (κ3) is 4.80. The quantitative estimate of drug-likeness (QED) is 0.929. The van der Waals surface area contributed by atoms with Crippen LogP contribution in [-0.4, -0.2) is 42.3 Å². The smallest absolute Gasteiger partial charge is 0.410 e. The van der Waals surface area contributed by atoms with E-state index >= 15 is 0 Å². The zero-order valence-electron chi connectivity index (χ0n) is 12.5. The van der Waals surface area contributed by atoms with Gasteiger partial charge in [0.05, 0.1) is 0 Å². The monoisotopic (exact) mass is 296 g/mol. The molecule has 0 spiro atoms. The zero-order valence-corrected chi connectivity index (χ0v) is 13.3. The van der Waals surface area contributed by atoms with Gasteiger partial charge in [-0.05, 0) is 45.1 Å². The van der Waals surface area contributed by atoms with Gasteiger partial charge in [-0.2, -0.15) is 0 Å². The molecule has 1 aliphatic heterocycles. The van der Waals surface area contributed by atoms with E-state index in [1.807, 2.05) is 20.8 Å². The molecule has 1 aromatic heterocycles. The van der Waals surface area contributed by atoms with Crippen LogP contribution in [0.15, 0.2) is 17.5 Å². The Morgan fingerprint density at radius 1 is 1.55 bits per heavy atom. The first-order chi connectivity index (χ1) is 9.44. The summed E-state index contributed by atoms with van der Waals surface area (Å²) in [6.07, 6.45) is 1.87. The van der Waals surface area contributed by atoms with Gasteiger partial charge >= 0.3 is 6.09 Å². The highest BCUT2D eigenvalue weighted by Crippen LogP contribution is 2.15. The Balaban J connectivity index is 1.68. The van der Waals surface area contributed by atoms with Crippen LogP contribution in [0, 0.1) is 0 Å². The first-order valence-electron chi connectivity index (χ1n) is 7.18. The number of hydrogen-bond acceptors (Lipinski definition) is 4. The van der Waals surface area contributed by atoms with Gasteiger partial charge in [0.1, 0.15) is 5.60 Å². The number of carbonyl (C=O) groups excluding carboxylic acids is 1. The third-order valence-corrected chi connectivity index (χ3v) is 4.16. The van der Waals surface area contributed by atoms with Gasteiger partial charge in [-0.15, -0.1) is 11.3 Å². The predicted octanol–water partition coefficient (Wildman–Crippen LogP) is 2.89. The predicted molar refractivity (Wildman–Crippen MR) is 82.2 cm³/mol. The molecule has 0 aromatic carbocycles. The lowest BCUT2D eigenvalue weighted by molar-refractivity contribution is 0.0291. The normalized spacial score (nSPS) is 19.4. The van der Waals surface area contributed by atoms with Crippen LogP contribution in [0.3, 0.4) is 0 Å². The standard InChI is InChI=1S/C15H24N2O2S/c1-15(2,3)19-14(18)17-9-7-12(11-17)16-8-6-13-5-4-10-20-13/h4-5,10,12,16H,6-9,11H2,1-3H3/t12-/m1/s1. The molecule has 1 atom stereocenters. The highest BCUT2D eigenvalue weighted by atomic mass is 32.1. The Morgan fingerprint density at radius 2 is 2.35 bits per heavy atom. The second-order valence-electron chi connectivity index (χ2n) is 6.20. The van der Waals surface area contributed by atoms with Crippen molar-refractivity contribution >= 4 is 17.4 Å². The molecule has 0 unspecified atom stereocenters. The summed E-state index contributed by atoms with van der Waals surface area (Å²) in [5.41, 5.74) is -0.415. The third-order valence-electron chi connectivity index (χ3n) is 3.22. The van der Waals surface area contributed by atoms with Crippen LogP contribution in [0.1, 0.15) is 32.1 Å². The highest BCUT2D eigenvalue weighted by Gasteiger charge is 2.29. The average Bonchev–Trinajstić information content (AvgIpc) is 2.97. The lowest BCUT2D eigenvalue weighted by Gasteiger charge is -2.24.